The average Bonchev–Trinajstić information content (AvgIpc) is 2.48. The quantitative estimate of drug-likeness (QED) is 0.784. The van der Waals surface area contributed by atoms with Crippen molar-refractivity contribution in [3.63, 3.8) is 0 Å². The highest BCUT2D eigenvalue weighted by Crippen LogP contribution is 2.34. The van der Waals surface area contributed by atoms with Crippen LogP contribution in [0, 0.1) is 0 Å². The molecule has 1 aromatic rings. The van der Waals surface area contributed by atoms with E-state index < -0.39 is 9.84 Å². The van der Waals surface area contributed by atoms with Crippen LogP contribution in [-0.4, -0.2) is 39.7 Å². The highest BCUT2D eigenvalue weighted by atomic mass is 32.2. The lowest BCUT2D eigenvalue weighted by atomic mass is 9.87. The number of rotatable bonds is 7. The Labute approximate surface area is 127 Å². The minimum absolute atomic E-state index is 0.0903. The molecule has 21 heavy (non-hydrogen) atoms. The van der Waals surface area contributed by atoms with Gasteiger partial charge in [0.1, 0.15) is 0 Å². The minimum Gasteiger partial charge on any atom is -0.385 e. The molecule has 0 bridgehead atoms. The van der Waals surface area contributed by atoms with E-state index in [9.17, 15) is 8.42 Å². The lowest BCUT2D eigenvalue weighted by Crippen LogP contribution is -2.41. The zero-order chi connectivity index (χ0) is 15.3. The Morgan fingerprint density at radius 1 is 1.33 bits per heavy atom. The molecule has 2 rings (SSSR count). The molecule has 0 fully saturated rings. The van der Waals surface area contributed by atoms with Gasteiger partial charge in [0.05, 0.1) is 11.0 Å². The summed E-state index contributed by atoms with van der Waals surface area (Å²) in [5.74, 6) is 0.204. The number of benzene rings is 1. The topological polar surface area (TPSA) is 55.4 Å². The number of hydrogen-bond acceptors (Lipinski definition) is 4. The molecule has 2 atom stereocenters. The van der Waals surface area contributed by atoms with Crippen LogP contribution >= 0.6 is 0 Å². The first-order valence-electron chi connectivity index (χ1n) is 7.62. The monoisotopic (exact) mass is 311 g/mol. The van der Waals surface area contributed by atoms with E-state index in [-0.39, 0.29) is 17.0 Å². The first kappa shape index (κ1) is 16.5. The normalized spacial score (nSPS) is 22.0. The number of aryl methyl sites for hydroxylation is 1. The fraction of sp³-hybridized carbons (Fsp3) is 0.625. The van der Waals surface area contributed by atoms with Crippen LogP contribution in [-0.2, 0) is 21.0 Å². The van der Waals surface area contributed by atoms with Crippen molar-refractivity contribution < 1.29 is 13.2 Å². The van der Waals surface area contributed by atoms with Crippen molar-refractivity contribution in [3.8, 4) is 0 Å². The molecule has 0 amide bonds. The second-order valence-electron chi connectivity index (χ2n) is 5.52. The molecular formula is C16H25NO3S. The second kappa shape index (κ2) is 7.38. The number of sulfone groups is 1. The van der Waals surface area contributed by atoms with Gasteiger partial charge in [0.15, 0.2) is 9.84 Å². The van der Waals surface area contributed by atoms with E-state index in [2.05, 4.69) is 17.4 Å². The van der Waals surface area contributed by atoms with Gasteiger partial charge < -0.3 is 10.1 Å². The van der Waals surface area contributed by atoms with Gasteiger partial charge in [-0.25, -0.2) is 8.42 Å². The number of hydrogen-bond donors (Lipinski definition) is 1. The molecule has 2 unspecified atom stereocenters. The summed E-state index contributed by atoms with van der Waals surface area (Å²) in [6.45, 7) is 3.28. The zero-order valence-electron chi connectivity index (χ0n) is 12.8. The van der Waals surface area contributed by atoms with E-state index in [0.717, 1.165) is 18.5 Å². The SMILES string of the molecule is CCNC1c2ccccc2CCC1S(=O)(=O)CCCOC. The molecule has 0 heterocycles. The van der Waals surface area contributed by atoms with Crippen LogP contribution in [0.25, 0.3) is 0 Å². The standard InChI is InChI=1S/C16H25NO3S/c1-3-17-16-14-8-5-4-7-13(14)9-10-15(16)21(18,19)12-6-11-20-2/h4-5,7-8,15-17H,3,6,9-12H2,1-2H3. The maximum atomic E-state index is 12.7. The molecule has 0 aliphatic heterocycles. The van der Waals surface area contributed by atoms with Crippen LogP contribution in [0.3, 0.4) is 0 Å². The molecule has 4 nitrogen and oxygen atoms in total. The summed E-state index contributed by atoms with van der Waals surface area (Å²) in [4.78, 5) is 0. The lowest BCUT2D eigenvalue weighted by Gasteiger charge is -2.33. The van der Waals surface area contributed by atoms with Crippen LogP contribution in [0.1, 0.15) is 36.9 Å². The molecule has 0 saturated heterocycles. The summed E-state index contributed by atoms with van der Waals surface area (Å²) in [7, 11) is -1.51. The third kappa shape index (κ3) is 3.84. The summed E-state index contributed by atoms with van der Waals surface area (Å²) in [6.07, 6.45) is 2.10. The molecule has 1 N–H and O–H groups in total. The van der Waals surface area contributed by atoms with E-state index in [4.69, 9.17) is 4.74 Å². The van der Waals surface area contributed by atoms with E-state index in [1.54, 1.807) is 7.11 Å². The third-order valence-electron chi connectivity index (χ3n) is 4.12. The summed E-state index contributed by atoms with van der Waals surface area (Å²) >= 11 is 0. The summed E-state index contributed by atoms with van der Waals surface area (Å²) in [5, 5.41) is 3.05. The van der Waals surface area contributed by atoms with Crippen LogP contribution in [0.15, 0.2) is 24.3 Å². The Bertz CT molecular complexity index is 556. The highest BCUT2D eigenvalue weighted by Gasteiger charge is 2.37. The van der Waals surface area contributed by atoms with Gasteiger partial charge in [-0.1, -0.05) is 31.2 Å². The first-order valence-corrected chi connectivity index (χ1v) is 9.33. The van der Waals surface area contributed by atoms with E-state index in [1.165, 1.54) is 5.56 Å². The smallest absolute Gasteiger partial charge is 0.155 e. The van der Waals surface area contributed by atoms with Crippen LogP contribution in [0.2, 0.25) is 0 Å². The summed E-state index contributed by atoms with van der Waals surface area (Å²) in [6, 6.07) is 8.08. The molecule has 0 aromatic heterocycles. The second-order valence-corrected chi connectivity index (χ2v) is 7.86. The number of nitrogens with one attached hydrogen (secondary N) is 1. The molecular weight excluding hydrogens is 286 g/mol. The first-order chi connectivity index (χ1) is 10.1. The van der Waals surface area contributed by atoms with E-state index >= 15 is 0 Å². The third-order valence-corrected chi connectivity index (χ3v) is 6.41. The van der Waals surface area contributed by atoms with E-state index in [1.807, 2.05) is 19.1 Å². The van der Waals surface area contributed by atoms with Gasteiger partial charge in [0.2, 0.25) is 0 Å². The van der Waals surface area contributed by atoms with Crippen LogP contribution < -0.4 is 5.32 Å². The molecule has 0 spiro atoms. The zero-order valence-corrected chi connectivity index (χ0v) is 13.7. The Kier molecular flexibility index (Phi) is 5.79. The predicted molar refractivity (Wildman–Crippen MR) is 85.2 cm³/mol. The van der Waals surface area contributed by atoms with Crippen molar-refractivity contribution >= 4 is 9.84 Å². The number of ether oxygens (including phenoxy) is 1. The van der Waals surface area contributed by atoms with Crippen LogP contribution in [0.4, 0.5) is 0 Å². The van der Waals surface area contributed by atoms with Crippen molar-refractivity contribution in [2.45, 2.75) is 37.5 Å². The molecule has 1 aromatic carbocycles. The predicted octanol–water partition coefficient (Wildman–Crippen LogP) is 2.10. The fourth-order valence-electron chi connectivity index (χ4n) is 3.13. The largest absolute Gasteiger partial charge is 0.385 e. The van der Waals surface area contributed by atoms with Gasteiger partial charge in [-0.3, -0.25) is 0 Å². The van der Waals surface area contributed by atoms with Gasteiger partial charge in [-0.2, -0.15) is 0 Å². The summed E-state index contributed by atoms with van der Waals surface area (Å²) < 4.78 is 30.3. The van der Waals surface area contributed by atoms with Crippen LogP contribution in [0.5, 0.6) is 0 Å². The molecule has 0 radical (unpaired) electrons. The highest BCUT2D eigenvalue weighted by molar-refractivity contribution is 7.92. The Morgan fingerprint density at radius 3 is 2.81 bits per heavy atom. The molecule has 1 aliphatic carbocycles. The van der Waals surface area contributed by atoms with Crippen molar-refractivity contribution in [3.05, 3.63) is 35.4 Å². The van der Waals surface area contributed by atoms with Crippen molar-refractivity contribution in [1.82, 2.24) is 5.32 Å². The summed E-state index contributed by atoms with van der Waals surface area (Å²) in [5.41, 5.74) is 2.41. The molecule has 1 aliphatic rings. The Hall–Kier alpha value is -0.910. The van der Waals surface area contributed by atoms with Crippen molar-refractivity contribution in [2.24, 2.45) is 0 Å². The lowest BCUT2D eigenvalue weighted by molar-refractivity contribution is 0.199. The Balaban J connectivity index is 2.23. The van der Waals surface area contributed by atoms with Crippen molar-refractivity contribution in [1.29, 1.82) is 0 Å². The van der Waals surface area contributed by atoms with Gasteiger partial charge >= 0.3 is 0 Å². The maximum absolute atomic E-state index is 12.7. The average molecular weight is 311 g/mol. The minimum atomic E-state index is -3.11. The van der Waals surface area contributed by atoms with Gasteiger partial charge in [0, 0.05) is 19.8 Å². The van der Waals surface area contributed by atoms with Crippen molar-refractivity contribution in [2.75, 3.05) is 26.0 Å². The van der Waals surface area contributed by atoms with Gasteiger partial charge in [0.25, 0.3) is 0 Å². The maximum Gasteiger partial charge on any atom is 0.155 e. The number of methoxy groups -OCH3 is 1. The van der Waals surface area contributed by atoms with E-state index in [0.29, 0.717) is 19.4 Å². The van der Waals surface area contributed by atoms with Gasteiger partial charge in [-0.15, -0.1) is 0 Å². The molecule has 5 heteroatoms. The number of fused-ring (bicyclic) bond motifs is 1. The molecule has 118 valence electrons. The fourth-order valence-corrected chi connectivity index (χ4v) is 5.09. The molecule has 0 saturated carbocycles. The Morgan fingerprint density at radius 2 is 2.10 bits per heavy atom. The van der Waals surface area contributed by atoms with Gasteiger partial charge in [-0.05, 0) is 36.9 Å².